The van der Waals surface area contributed by atoms with Gasteiger partial charge in [0.2, 0.25) is 4.96 Å². The van der Waals surface area contributed by atoms with Crippen LogP contribution in [0.5, 0.6) is 0 Å². The lowest BCUT2D eigenvalue weighted by Crippen LogP contribution is -2.11. The number of hydrogen-bond acceptors (Lipinski definition) is 5. The quantitative estimate of drug-likeness (QED) is 0.561. The molecule has 0 saturated heterocycles. The smallest absolute Gasteiger partial charge is 0.255 e. The van der Waals surface area contributed by atoms with Crippen molar-refractivity contribution in [1.29, 1.82) is 0 Å². The van der Waals surface area contributed by atoms with Crippen LogP contribution in [0.3, 0.4) is 0 Å². The molecule has 136 valence electrons. The zero-order valence-electron chi connectivity index (χ0n) is 15.1. The molecular formula is C20H19N5OS. The standard InChI is InChI=1S/C20H19N5OS/c1-3-5-17-22-23-20-25(17)24-19(27-20)14-8-10-16(11-9-14)21-18(26)15-7-4-6-13(2)12-15/h4,6-12H,3,5H2,1-2H3,(H,21,26). The highest BCUT2D eigenvalue weighted by Gasteiger charge is 2.13. The molecule has 0 unspecified atom stereocenters. The van der Waals surface area contributed by atoms with E-state index >= 15 is 0 Å². The molecule has 0 fully saturated rings. The number of anilines is 1. The summed E-state index contributed by atoms with van der Waals surface area (Å²) >= 11 is 1.51. The van der Waals surface area contributed by atoms with E-state index in [9.17, 15) is 4.79 Å². The van der Waals surface area contributed by atoms with E-state index in [0.717, 1.165) is 45.4 Å². The number of aromatic nitrogens is 4. The monoisotopic (exact) mass is 377 g/mol. The molecule has 1 N–H and O–H groups in total. The number of benzene rings is 2. The largest absolute Gasteiger partial charge is 0.322 e. The Morgan fingerprint density at radius 2 is 1.96 bits per heavy atom. The molecule has 2 heterocycles. The number of aryl methyl sites for hydroxylation is 2. The van der Waals surface area contributed by atoms with E-state index < -0.39 is 0 Å². The minimum Gasteiger partial charge on any atom is -0.322 e. The van der Waals surface area contributed by atoms with Gasteiger partial charge >= 0.3 is 0 Å². The molecule has 27 heavy (non-hydrogen) atoms. The summed E-state index contributed by atoms with van der Waals surface area (Å²) in [6.45, 7) is 4.08. The first-order chi connectivity index (χ1) is 13.1. The average molecular weight is 377 g/mol. The van der Waals surface area contributed by atoms with Gasteiger partial charge in [-0.15, -0.1) is 10.2 Å². The van der Waals surface area contributed by atoms with Crippen molar-refractivity contribution in [2.75, 3.05) is 5.32 Å². The molecule has 7 heteroatoms. The summed E-state index contributed by atoms with van der Waals surface area (Å²) in [7, 11) is 0. The number of amides is 1. The van der Waals surface area contributed by atoms with Gasteiger partial charge in [-0.2, -0.15) is 9.61 Å². The Labute approximate surface area is 160 Å². The lowest BCUT2D eigenvalue weighted by molar-refractivity contribution is 0.102. The van der Waals surface area contributed by atoms with E-state index in [1.54, 1.807) is 0 Å². The van der Waals surface area contributed by atoms with Crippen molar-refractivity contribution in [3.8, 4) is 10.6 Å². The summed E-state index contributed by atoms with van der Waals surface area (Å²) in [6.07, 6.45) is 1.86. The third kappa shape index (κ3) is 3.59. The maximum atomic E-state index is 12.4. The SMILES string of the molecule is CCCc1nnc2sc(-c3ccc(NC(=O)c4cccc(C)c4)cc3)nn12. The van der Waals surface area contributed by atoms with Crippen LogP contribution in [-0.4, -0.2) is 25.7 Å². The maximum Gasteiger partial charge on any atom is 0.255 e. The Morgan fingerprint density at radius 1 is 1.15 bits per heavy atom. The molecule has 0 aliphatic heterocycles. The molecule has 0 aliphatic carbocycles. The van der Waals surface area contributed by atoms with Gasteiger partial charge in [0.25, 0.3) is 5.91 Å². The van der Waals surface area contributed by atoms with Gasteiger partial charge in [0.15, 0.2) is 5.82 Å². The number of rotatable bonds is 5. The molecule has 4 rings (SSSR count). The summed E-state index contributed by atoms with van der Waals surface area (Å²) in [5.74, 6) is 0.770. The molecule has 0 aliphatic rings. The molecule has 6 nitrogen and oxygen atoms in total. The fraction of sp³-hybridized carbons (Fsp3) is 0.200. The fourth-order valence-corrected chi connectivity index (χ4v) is 3.70. The Kier molecular flexibility index (Phi) is 4.68. The predicted molar refractivity (Wildman–Crippen MR) is 107 cm³/mol. The first-order valence-electron chi connectivity index (χ1n) is 8.83. The van der Waals surface area contributed by atoms with Crippen LogP contribution in [0.2, 0.25) is 0 Å². The van der Waals surface area contributed by atoms with Crippen LogP contribution in [0.1, 0.15) is 35.1 Å². The molecule has 1 amide bonds. The highest BCUT2D eigenvalue weighted by atomic mass is 32.1. The van der Waals surface area contributed by atoms with Crippen molar-refractivity contribution >= 4 is 27.9 Å². The van der Waals surface area contributed by atoms with Gasteiger partial charge in [0, 0.05) is 23.2 Å². The second kappa shape index (κ2) is 7.28. The van der Waals surface area contributed by atoms with E-state index in [2.05, 4.69) is 27.5 Å². The molecule has 0 bridgehead atoms. The van der Waals surface area contributed by atoms with Crippen molar-refractivity contribution in [3.05, 3.63) is 65.5 Å². The zero-order chi connectivity index (χ0) is 18.8. The van der Waals surface area contributed by atoms with Gasteiger partial charge in [-0.25, -0.2) is 0 Å². The minimum absolute atomic E-state index is 0.116. The van der Waals surface area contributed by atoms with Crippen LogP contribution in [0.4, 0.5) is 5.69 Å². The fourth-order valence-electron chi connectivity index (χ4n) is 2.84. The third-order valence-corrected chi connectivity index (χ3v) is 5.15. The Bertz CT molecular complexity index is 1100. The van der Waals surface area contributed by atoms with Crippen LogP contribution in [-0.2, 0) is 6.42 Å². The zero-order valence-corrected chi connectivity index (χ0v) is 16.0. The van der Waals surface area contributed by atoms with Crippen molar-refractivity contribution in [2.45, 2.75) is 26.7 Å². The van der Waals surface area contributed by atoms with E-state index in [1.807, 2.05) is 60.0 Å². The van der Waals surface area contributed by atoms with Gasteiger partial charge in [0.05, 0.1) is 0 Å². The van der Waals surface area contributed by atoms with E-state index in [1.165, 1.54) is 11.3 Å². The number of nitrogens with zero attached hydrogens (tertiary/aromatic N) is 4. The number of nitrogens with one attached hydrogen (secondary N) is 1. The molecular weight excluding hydrogens is 358 g/mol. The highest BCUT2D eigenvalue weighted by Crippen LogP contribution is 2.27. The third-order valence-electron chi connectivity index (χ3n) is 4.20. The Balaban J connectivity index is 1.53. The molecule has 2 aromatic carbocycles. The summed E-state index contributed by atoms with van der Waals surface area (Å²) in [5, 5.41) is 16.8. The molecule has 0 atom stereocenters. The van der Waals surface area contributed by atoms with Gasteiger partial charge in [-0.1, -0.05) is 36.0 Å². The highest BCUT2D eigenvalue weighted by molar-refractivity contribution is 7.19. The summed E-state index contributed by atoms with van der Waals surface area (Å²) in [4.78, 5) is 13.2. The average Bonchev–Trinajstić information content (AvgIpc) is 3.25. The van der Waals surface area contributed by atoms with Gasteiger partial charge < -0.3 is 5.32 Å². The normalized spacial score (nSPS) is 11.0. The number of carbonyl (C=O) groups is 1. The van der Waals surface area contributed by atoms with Crippen molar-refractivity contribution in [3.63, 3.8) is 0 Å². The number of carbonyl (C=O) groups excluding carboxylic acids is 1. The molecule has 4 aromatic rings. The van der Waals surface area contributed by atoms with E-state index in [4.69, 9.17) is 0 Å². The Morgan fingerprint density at radius 3 is 2.70 bits per heavy atom. The number of fused-ring (bicyclic) bond motifs is 1. The molecule has 0 saturated carbocycles. The van der Waals surface area contributed by atoms with Gasteiger partial charge in [0.1, 0.15) is 5.01 Å². The summed E-state index contributed by atoms with van der Waals surface area (Å²) in [5.41, 5.74) is 3.45. The molecule has 0 spiro atoms. The minimum atomic E-state index is -0.116. The number of hydrogen-bond donors (Lipinski definition) is 1. The van der Waals surface area contributed by atoms with Crippen molar-refractivity contribution < 1.29 is 4.79 Å². The van der Waals surface area contributed by atoms with Crippen molar-refractivity contribution in [2.24, 2.45) is 0 Å². The lowest BCUT2D eigenvalue weighted by Gasteiger charge is -2.06. The van der Waals surface area contributed by atoms with Crippen LogP contribution in [0, 0.1) is 6.92 Å². The second-order valence-electron chi connectivity index (χ2n) is 6.37. The summed E-state index contributed by atoms with van der Waals surface area (Å²) < 4.78 is 1.82. The van der Waals surface area contributed by atoms with Crippen LogP contribution in [0.15, 0.2) is 48.5 Å². The predicted octanol–water partition coefficient (Wildman–Crippen LogP) is 4.37. The summed E-state index contributed by atoms with van der Waals surface area (Å²) in [6, 6.07) is 15.2. The van der Waals surface area contributed by atoms with E-state index in [-0.39, 0.29) is 5.91 Å². The second-order valence-corrected chi connectivity index (χ2v) is 7.32. The molecule has 0 radical (unpaired) electrons. The van der Waals surface area contributed by atoms with Crippen molar-refractivity contribution in [1.82, 2.24) is 19.8 Å². The van der Waals surface area contributed by atoms with Crippen LogP contribution in [0.25, 0.3) is 15.5 Å². The van der Waals surface area contributed by atoms with Gasteiger partial charge in [-0.3, -0.25) is 4.79 Å². The first-order valence-corrected chi connectivity index (χ1v) is 9.65. The Hall–Kier alpha value is -3.06. The van der Waals surface area contributed by atoms with Crippen LogP contribution < -0.4 is 5.32 Å². The van der Waals surface area contributed by atoms with Crippen LogP contribution >= 0.6 is 11.3 Å². The first kappa shape index (κ1) is 17.4. The maximum absolute atomic E-state index is 12.4. The lowest BCUT2D eigenvalue weighted by atomic mass is 10.1. The molecule has 2 aromatic heterocycles. The van der Waals surface area contributed by atoms with Gasteiger partial charge in [-0.05, 0) is 49.7 Å². The topological polar surface area (TPSA) is 72.2 Å². The van der Waals surface area contributed by atoms with E-state index in [0.29, 0.717) is 5.56 Å².